The van der Waals surface area contributed by atoms with E-state index in [0.717, 1.165) is 27.4 Å². The first-order valence-electron chi connectivity index (χ1n) is 10.4. The molecule has 2 amide bonds. The van der Waals surface area contributed by atoms with Crippen LogP contribution in [0.25, 0.3) is 5.69 Å². The van der Waals surface area contributed by atoms with Crippen LogP contribution in [0.15, 0.2) is 77.5 Å². The molecule has 2 N–H and O–H groups in total. The van der Waals surface area contributed by atoms with Gasteiger partial charge in [-0.25, -0.2) is 4.98 Å². The number of anilines is 1. The Morgan fingerprint density at radius 3 is 2.76 bits per heavy atom. The molecule has 168 valence electrons. The minimum Gasteiger partial charge on any atom is -0.347 e. The fourth-order valence-corrected chi connectivity index (χ4v) is 4.69. The van der Waals surface area contributed by atoms with Crippen molar-refractivity contribution >= 4 is 40.6 Å². The second kappa shape index (κ2) is 10.5. The summed E-state index contributed by atoms with van der Waals surface area (Å²) in [5, 5.41) is 8.59. The molecule has 0 fully saturated rings. The Kier molecular flexibility index (Phi) is 7.26. The third kappa shape index (κ3) is 5.71. The Morgan fingerprint density at radius 2 is 1.94 bits per heavy atom. The van der Waals surface area contributed by atoms with Crippen molar-refractivity contribution in [3.05, 3.63) is 93.9 Å². The number of benzene rings is 2. The van der Waals surface area contributed by atoms with Crippen LogP contribution in [0.3, 0.4) is 0 Å². The Labute approximate surface area is 201 Å². The van der Waals surface area contributed by atoms with Gasteiger partial charge in [0.25, 0.3) is 5.91 Å². The van der Waals surface area contributed by atoms with E-state index in [9.17, 15) is 9.59 Å². The van der Waals surface area contributed by atoms with Gasteiger partial charge in [0.15, 0.2) is 5.16 Å². The number of aromatic nitrogens is 2. The Balaban J connectivity index is 1.40. The lowest BCUT2D eigenvalue weighted by molar-refractivity contribution is -0.113. The average Bonchev–Trinajstić information content (AvgIpc) is 3.51. The molecular weight excluding hydrogens is 452 g/mol. The van der Waals surface area contributed by atoms with Crippen molar-refractivity contribution in [2.24, 2.45) is 0 Å². The highest BCUT2D eigenvalue weighted by Gasteiger charge is 2.13. The number of amides is 2. The Bertz CT molecular complexity index is 1270. The molecule has 0 unspecified atom stereocenters. The number of rotatable bonds is 8. The number of imidazole rings is 1. The molecule has 0 spiro atoms. The van der Waals surface area contributed by atoms with E-state index in [4.69, 9.17) is 0 Å². The molecule has 4 aromatic rings. The number of aryl methyl sites for hydroxylation is 1. The first-order chi connectivity index (χ1) is 16.0. The van der Waals surface area contributed by atoms with Crippen LogP contribution in [0.1, 0.15) is 26.4 Å². The lowest BCUT2D eigenvalue weighted by Crippen LogP contribution is -2.22. The van der Waals surface area contributed by atoms with Gasteiger partial charge < -0.3 is 10.6 Å². The monoisotopic (exact) mass is 476 g/mol. The second-order valence-electron chi connectivity index (χ2n) is 7.48. The largest absolute Gasteiger partial charge is 0.347 e. The molecule has 6 nitrogen and oxygen atoms in total. The maximum atomic E-state index is 12.6. The van der Waals surface area contributed by atoms with Gasteiger partial charge in [-0.3, -0.25) is 14.2 Å². The van der Waals surface area contributed by atoms with Crippen LogP contribution in [-0.2, 0) is 11.3 Å². The lowest BCUT2D eigenvalue weighted by atomic mass is 10.1. The molecule has 0 radical (unpaired) electrons. The number of hydrogen-bond donors (Lipinski definition) is 2. The summed E-state index contributed by atoms with van der Waals surface area (Å²) in [5.74, 6) is 0.00296. The fraction of sp³-hybridized carbons (Fsp3) is 0.160. The summed E-state index contributed by atoms with van der Waals surface area (Å²) in [6.45, 7) is 4.52. The average molecular weight is 477 g/mol. The van der Waals surface area contributed by atoms with Gasteiger partial charge >= 0.3 is 0 Å². The number of thioether (sulfide) groups is 1. The molecule has 33 heavy (non-hydrogen) atoms. The molecule has 0 aliphatic heterocycles. The third-order valence-electron chi connectivity index (χ3n) is 5.21. The van der Waals surface area contributed by atoms with Gasteiger partial charge in [-0.15, -0.1) is 11.3 Å². The zero-order valence-electron chi connectivity index (χ0n) is 18.4. The van der Waals surface area contributed by atoms with Gasteiger partial charge in [-0.2, -0.15) is 0 Å². The fourth-order valence-electron chi connectivity index (χ4n) is 3.28. The number of carbonyl (C=O) groups excluding carboxylic acids is 2. The van der Waals surface area contributed by atoms with E-state index in [2.05, 4.69) is 15.6 Å². The first kappa shape index (κ1) is 22.8. The Hall–Kier alpha value is -3.36. The van der Waals surface area contributed by atoms with Gasteiger partial charge in [-0.05, 0) is 60.7 Å². The van der Waals surface area contributed by atoms with Crippen LogP contribution in [0.4, 0.5) is 5.69 Å². The number of nitrogens with zero attached hydrogens (tertiary/aromatic N) is 2. The highest BCUT2D eigenvalue weighted by atomic mass is 32.2. The molecule has 2 heterocycles. The number of thiophene rings is 1. The van der Waals surface area contributed by atoms with Crippen LogP contribution in [0.5, 0.6) is 0 Å². The van der Waals surface area contributed by atoms with E-state index in [1.54, 1.807) is 23.6 Å². The molecule has 2 aromatic heterocycles. The number of nitrogens with one attached hydrogen (secondary N) is 2. The molecule has 0 atom stereocenters. The van der Waals surface area contributed by atoms with Crippen molar-refractivity contribution in [3.8, 4) is 5.69 Å². The maximum absolute atomic E-state index is 12.6. The van der Waals surface area contributed by atoms with Crippen molar-refractivity contribution < 1.29 is 9.59 Å². The minimum absolute atomic E-state index is 0.0926. The molecule has 0 bridgehead atoms. The zero-order chi connectivity index (χ0) is 23.2. The molecule has 2 aromatic carbocycles. The van der Waals surface area contributed by atoms with E-state index in [1.165, 1.54) is 11.8 Å². The topological polar surface area (TPSA) is 76.0 Å². The summed E-state index contributed by atoms with van der Waals surface area (Å²) >= 11 is 2.96. The van der Waals surface area contributed by atoms with Crippen molar-refractivity contribution in [2.75, 3.05) is 11.1 Å². The third-order valence-corrected chi connectivity index (χ3v) is 7.05. The Morgan fingerprint density at radius 1 is 1.09 bits per heavy atom. The van der Waals surface area contributed by atoms with Crippen molar-refractivity contribution in [1.29, 1.82) is 0 Å². The second-order valence-corrected chi connectivity index (χ2v) is 9.45. The summed E-state index contributed by atoms with van der Waals surface area (Å²) in [6, 6.07) is 17.2. The molecule has 8 heteroatoms. The number of hydrogen-bond acceptors (Lipinski definition) is 5. The predicted molar refractivity (Wildman–Crippen MR) is 134 cm³/mol. The quantitative estimate of drug-likeness (QED) is 0.342. The molecule has 0 saturated carbocycles. The SMILES string of the molecule is Cc1cccc(NC(=O)CSc2nccn2-c2cccc(C(=O)NCc3cccs3)c2)c1C. The van der Waals surface area contributed by atoms with Crippen molar-refractivity contribution in [2.45, 2.75) is 25.5 Å². The normalized spacial score (nSPS) is 10.7. The van der Waals surface area contributed by atoms with E-state index >= 15 is 0 Å². The molecular formula is C25H24N4O2S2. The summed E-state index contributed by atoms with van der Waals surface area (Å²) in [7, 11) is 0. The van der Waals surface area contributed by atoms with Crippen LogP contribution in [0, 0.1) is 13.8 Å². The highest BCUT2D eigenvalue weighted by molar-refractivity contribution is 7.99. The van der Waals surface area contributed by atoms with Crippen LogP contribution < -0.4 is 10.6 Å². The molecule has 0 saturated heterocycles. The van der Waals surface area contributed by atoms with E-state index in [0.29, 0.717) is 17.3 Å². The van der Waals surface area contributed by atoms with Crippen molar-refractivity contribution in [3.63, 3.8) is 0 Å². The standard InChI is InChI=1S/C25H24N4O2S2/c1-17-6-3-10-22(18(17)2)28-23(30)16-33-25-26-11-12-29(25)20-8-4-7-19(14-20)24(31)27-15-21-9-5-13-32-21/h3-14H,15-16H2,1-2H3,(H,27,31)(H,28,30). The van der Waals surface area contributed by atoms with Gasteiger partial charge in [-0.1, -0.05) is 36.0 Å². The van der Waals surface area contributed by atoms with Gasteiger partial charge in [0.1, 0.15) is 0 Å². The van der Waals surface area contributed by atoms with Gasteiger partial charge in [0, 0.05) is 34.2 Å². The molecule has 4 rings (SSSR count). The molecule has 0 aliphatic rings. The van der Waals surface area contributed by atoms with Gasteiger partial charge in [0.05, 0.1) is 12.3 Å². The van der Waals surface area contributed by atoms with Gasteiger partial charge in [0.2, 0.25) is 5.91 Å². The van der Waals surface area contributed by atoms with Crippen LogP contribution in [-0.4, -0.2) is 27.1 Å². The summed E-state index contributed by atoms with van der Waals surface area (Å²) in [5.41, 5.74) is 4.40. The van der Waals surface area contributed by atoms with Crippen molar-refractivity contribution in [1.82, 2.24) is 14.9 Å². The van der Waals surface area contributed by atoms with Crippen LogP contribution >= 0.6 is 23.1 Å². The highest BCUT2D eigenvalue weighted by Crippen LogP contribution is 2.23. The van der Waals surface area contributed by atoms with Crippen LogP contribution in [0.2, 0.25) is 0 Å². The summed E-state index contributed by atoms with van der Waals surface area (Å²) < 4.78 is 1.88. The predicted octanol–water partition coefficient (Wildman–Crippen LogP) is 5.21. The van der Waals surface area contributed by atoms with E-state index < -0.39 is 0 Å². The maximum Gasteiger partial charge on any atom is 0.251 e. The minimum atomic E-state index is -0.132. The zero-order valence-corrected chi connectivity index (χ0v) is 20.0. The summed E-state index contributed by atoms with van der Waals surface area (Å²) in [6.07, 6.45) is 3.52. The summed E-state index contributed by atoms with van der Waals surface area (Å²) in [4.78, 5) is 30.6. The van der Waals surface area contributed by atoms with E-state index in [1.807, 2.05) is 78.5 Å². The number of carbonyl (C=O) groups is 2. The first-order valence-corrected chi connectivity index (χ1v) is 12.3. The lowest BCUT2D eigenvalue weighted by Gasteiger charge is -2.11. The smallest absolute Gasteiger partial charge is 0.251 e. The molecule has 0 aliphatic carbocycles. The van der Waals surface area contributed by atoms with E-state index in [-0.39, 0.29) is 17.6 Å².